The van der Waals surface area contributed by atoms with Gasteiger partial charge in [0.15, 0.2) is 0 Å². The van der Waals surface area contributed by atoms with E-state index in [-0.39, 0.29) is 5.82 Å². The zero-order valence-corrected chi connectivity index (χ0v) is 12.2. The van der Waals surface area contributed by atoms with Crippen molar-refractivity contribution in [2.45, 2.75) is 45.2 Å². The lowest BCUT2D eigenvalue weighted by atomic mass is 9.86. The van der Waals surface area contributed by atoms with Crippen molar-refractivity contribution in [2.24, 2.45) is 5.92 Å². The monoisotopic (exact) mass is 264 g/mol. The van der Waals surface area contributed by atoms with E-state index in [1.165, 1.54) is 25.7 Å². The lowest BCUT2D eigenvalue weighted by Gasteiger charge is -2.36. The zero-order valence-electron chi connectivity index (χ0n) is 12.2. The van der Waals surface area contributed by atoms with Gasteiger partial charge in [0.2, 0.25) is 0 Å². The summed E-state index contributed by atoms with van der Waals surface area (Å²) < 4.78 is 13.4. The summed E-state index contributed by atoms with van der Waals surface area (Å²) in [7, 11) is 4.05. The van der Waals surface area contributed by atoms with Crippen LogP contribution in [0.15, 0.2) is 18.2 Å². The van der Waals surface area contributed by atoms with E-state index in [4.69, 9.17) is 0 Å². The van der Waals surface area contributed by atoms with Crippen LogP contribution < -0.4 is 10.2 Å². The van der Waals surface area contributed by atoms with Crippen LogP contribution in [0.25, 0.3) is 0 Å². The van der Waals surface area contributed by atoms with Gasteiger partial charge in [0.1, 0.15) is 5.82 Å². The third-order valence-electron chi connectivity index (χ3n) is 4.32. The summed E-state index contributed by atoms with van der Waals surface area (Å²) >= 11 is 0. The first kappa shape index (κ1) is 14.3. The second-order valence-corrected chi connectivity index (χ2v) is 5.83. The van der Waals surface area contributed by atoms with Crippen LogP contribution in [0.2, 0.25) is 0 Å². The van der Waals surface area contributed by atoms with Crippen LogP contribution in [0, 0.1) is 11.7 Å². The first-order valence-electron chi connectivity index (χ1n) is 7.27. The molecule has 2 rings (SSSR count). The van der Waals surface area contributed by atoms with Gasteiger partial charge in [-0.25, -0.2) is 4.39 Å². The molecule has 1 aromatic carbocycles. The number of nitrogens with zero attached hydrogens (tertiary/aromatic N) is 1. The fourth-order valence-corrected chi connectivity index (χ4v) is 3.06. The van der Waals surface area contributed by atoms with Crippen molar-refractivity contribution in [2.75, 3.05) is 19.0 Å². The van der Waals surface area contributed by atoms with E-state index in [1.54, 1.807) is 12.1 Å². The van der Waals surface area contributed by atoms with Crippen LogP contribution in [0.1, 0.15) is 38.2 Å². The second-order valence-electron chi connectivity index (χ2n) is 5.83. The lowest BCUT2D eigenvalue weighted by molar-refractivity contribution is 0.340. The van der Waals surface area contributed by atoms with Gasteiger partial charge < -0.3 is 10.2 Å². The minimum absolute atomic E-state index is 0.153. The molecule has 1 aromatic rings. The largest absolute Gasteiger partial charge is 0.371 e. The number of halogens is 1. The Kier molecular flexibility index (Phi) is 4.81. The fraction of sp³-hybridized carbons (Fsp3) is 0.625. The van der Waals surface area contributed by atoms with Gasteiger partial charge in [0.05, 0.1) is 0 Å². The highest BCUT2D eigenvalue weighted by Crippen LogP contribution is 2.31. The van der Waals surface area contributed by atoms with Gasteiger partial charge in [-0.15, -0.1) is 0 Å². The lowest BCUT2D eigenvalue weighted by Crippen LogP contribution is -2.35. The van der Waals surface area contributed by atoms with E-state index in [9.17, 15) is 4.39 Å². The van der Waals surface area contributed by atoms with Crippen molar-refractivity contribution >= 4 is 5.69 Å². The van der Waals surface area contributed by atoms with Gasteiger partial charge in [-0.05, 0) is 62.4 Å². The summed E-state index contributed by atoms with van der Waals surface area (Å²) in [6.07, 6.45) is 5.09. The standard InChI is InChI=1S/C16H25FN2/c1-12-4-7-15(8-5-12)19(3)16-9-6-14(17)10-13(16)11-18-2/h6,9-10,12,15,18H,4-5,7-8,11H2,1-3H3. The third-order valence-corrected chi connectivity index (χ3v) is 4.32. The van der Waals surface area contributed by atoms with Gasteiger partial charge in [0.25, 0.3) is 0 Å². The van der Waals surface area contributed by atoms with E-state index in [1.807, 2.05) is 13.1 Å². The molecule has 0 atom stereocenters. The molecule has 3 heteroatoms. The molecule has 1 saturated carbocycles. The van der Waals surface area contributed by atoms with Crippen LogP contribution in [-0.2, 0) is 6.54 Å². The van der Waals surface area contributed by atoms with E-state index < -0.39 is 0 Å². The van der Waals surface area contributed by atoms with E-state index >= 15 is 0 Å². The average molecular weight is 264 g/mol. The summed E-state index contributed by atoms with van der Waals surface area (Å²) in [6, 6.07) is 5.72. The van der Waals surface area contributed by atoms with Crippen LogP contribution in [0.4, 0.5) is 10.1 Å². The molecule has 0 saturated heterocycles. The van der Waals surface area contributed by atoms with Crippen molar-refractivity contribution in [3.8, 4) is 0 Å². The SMILES string of the molecule is CNCc1cc(F)ccc1N(C)C1CCC(C)CC1. The molecule has 0 aromatic heterocycles. The normalized spacial score (nSPS) is 23.4. The molecular formula is C16H25FN2. The van der Waals surface area contributed by atoms with Crippen LogP contribution in [0.5, 0.6) is 0 Å². The van der Waals surface area contributed by atoms with Crippen LogP contribution in [0.3, 0.4) is 0 Å². The first-order valence-corrected chi connectivity index (χ1v) is 7.27. The molecule has 0 radical (unpaired) electrons. The molecule has 0 bridgehead atoms. The Balaban J connectivity index is 2.15. The maximum Gasteiger partial charge on any atom is 0.123 e. The third kappa shape index (κ3) is 3.47. The van der Waals surface area contributed by atoms with E-state index in [0.29, 0.717) is 12.6 Å². The summed E-state index contributed by atoms with van der Waals surface area (Å²) in [6.45, 7) is 3.04. The molecule has 0 amide bonds. The summed E-state index contributed by atoms with van der Waals surface area (Å²) in [5.74, 6) is 0.703. The molecule has 19 heavy (non-hydrogen) atoms. The highest BCUT2D eigenvalue weighted by molar-refractivity contribution is 5.54. The zero-order chi connectivity index (χ0) is 13.8. The quantitative estimate of drug-likeness (QED) is 0.894. The molecule has 1 fully saturated rings. The van der Waals surface area contributed by atoms with Gasteiger partial charge >= 0.3 is 0 Å². The number of nitrogens with one attached hydrogen (secondary N) is 1. The van der Waals surface area contributed by atoms with E-state index in [0.717, 1.165) is 17.2 Å². The van der Waals surface area contributed by atoms with Crippen molar-refractivity contribution in [1.29, 1.82) is 0 Å². The predicted octanol–water partition coefficient (Wildman–Crippen LogP) is 3.56. The predicted molar refractivity (Wildman–Crippen MR) is 79.0 cm³/mol. The molecule has 0 aliphatic heterocycles. The smallest absolute Gasteiger partial charge is 0.123 e. The molecule has 1 aliphatic rings. The Bertz CT molecular complexity index is 411. The van der Waals surface area contributed by atoms with Crippen molar-refractivity contribution in [3.63, 3.8) is 0 Å². The van der Waals surface area contributed by atoms with Gasteiger partial charge in [0, 0.05) is 25.3 Å². The highest BCUT2D eigenvalue weighted by Gasteiger charge is 2.23. The number of hydrogen-bond donors (Lipinski definition) is 1. The molecule has 1 N–H and O–H groups in total. The Labute approximate surface area is 116 Å². The Morgan fingerprint density at radius 2 is 1.95 bits per heavy atom. The van der Waals surface area contributed by atoms with Crippen LogP contribution in [-0.4, -0.2) is 20.1 Å². The van der Waals surface area contributed by atoms with Crippen molar-refractivity contribution in [1.82, 2.24) is 5.32 Å². The molecule has 2 nitrogen and oxygen atoms in total. The summed E-state index contributed by atoms with van der Waals surface area (Å²) in [4.78, 5) is 2.35. The first-order chi connectivity index (χ1) is 9.11. The van der Waals surface area contributed by atoms with Gasteiger partial charge in [-0.3, -0.25) is 0 Å². The number of anilines is 1. The molecular weight excluding hydrogens is 239 g/mol. The van der Waals surface area contributed by atoms with Crippen molar-refractivity contribution < 1.29 is 4.39 Å². The Morgan fingerprint density at radius 1 is 1.26 bits per heavy atom. The molecule has 0 heterocycles. The fourth-order valence-electron chi connectivity index (χ4n) is 3.06. The number of benzene rings is 1. The van der Waals surface area contributed by atoms with Gasteiger partial charge in [-0.1, -0.05) is 6.92 Å². The number of rotatable bonds is 4. The minimum atomic E-state index is -0.153. The molecule has 0 unspecified atom stereocenters. The number of hydrogen-bond acceptors (Lipinski definition) is 2. The van der Waals surface area contributed by atoms with Crippen LogP contribution >= 0.6 is 0 Å². The van der Waals surface area contributed by atoms with Crippen molar-refractivity contribution in [3.05, 3.63) is 29.6 Å². The van der Waals surface area contributed by atoms with Gasteiger partial charge in [-0.2, -0.15) is 0 Å². The maximum atomic E-state index is 13.4. The average Bonchev–Trinajstić information content (AvgIpc) is 2.39. The Hall–Kier alpha value is -1.09. The van der Waals surface area contributed by atoms with E-state index in [2.05, 4.69) is 24.2 Å². The maximum absolute atomic E-state index is 13.4. The Morgan fingerprint density at radius 3 is 2.58 bits per heavy atom. The highest BCUT2D eigenvalue weighted by atomic mass is 19.1. The summed E-state index contributed by atoms with van der Waals surface area (Å²) in [5.41, 5.74) is 2.21. The molecule has 0 spiro atoms. The topological polar surface area (TPSA) is 15.3 Å². The molecule has 106 valence electrons. The molecule has 1 aliphatic carbocycles. The summed E-state index contributed by atoms with van der Waals surface area (Å²) in [5, 5.41) is 3.12. The minimum Gasteiger partial charge on any atom is -0.371 e. The second kappa shape index (κ2) is 6.38.